The third-order valence-corrected chi connectivity index (χ3v) is 3.28. The first-order chi connectivity index (χ1) is 9.00. The van der Waals surface area contributed by atoms with Gasteiger partial charge in [-0.15, -0.1) is 0 Å². The van der Waals surface area contributed by atoms with Gasteiger partial charge >= 0.3 is 6.03 Å². The van der Waals surface area contributed by atoms with E-state index in [1.54, 1.807) is 25.1 Å². The van der Waals surface area contributed by atoms with E-state index >= 15 is 0 Å². The van der Waals surface area contributed by atoms with Gasteiger partial charge in [0.15, 0.2) is 0 Å². The molecule has 1 rings (SSSR count). The fourth-order valence-corrected chi connectivity index (χ4v) is 2.12. The molecule has 0 heterocycles. The molecule has 0 bridgehead atoms. The van der Waals surface area contributed by atoms with Crippen molar-refractivity contribution in [3.8, 4) is 0 Å². The van der Waals surface area contributed by atoms with Crippen molar-refractivity contribution in [3.63, 3.8) is 0 Å². The number of aliphatic hydroxyl groups is 1. The molecule has 0 saturated heterocycles. The maximum Gasteiger partial charge on any atom is 0.314 e. The van der Waals surface area contributed by atoms with E-state index in [-0.39, 0.29) is 6.03 Å². The summed E-state index contributed by atoms with van der Waals surface area (Å²) in [4.78, 5) is 11.4. The van der Waals surface area contributed by atoms with Crippen LogP contribution in [0.1, 0.15) is 18.9 Å². The number of carbonyl (C=O) groups is 1. The summed E-state index contributed by atoms with van der Waals surface area (Å²) in [7, 11) is 0. The van der Waals surface area contributed by atoms with Gasteiger partial charge in [0.1, 0.15) is 0 Å². The quantitative estimate of drug-likeness (QED) is 0.756. The van der Waals surface area contributed by atoms with Gasteiger partial charge in [-0.1, -0.05) is 29.3 Å². The summed E-state index contributed by atoms with van der Waals surface area (Å²) in [5, 5.41) is 15.6. The smallest absolute Gasteiger partial charge is 0.314 e. The second-order valence-corrected chi connectivity index (χ2v) is 5.08. The molecule has 3 N–H and O–H groups in total. The lowest BCUT2D eigenvalue weighted by Gasteiger charge is -2.10. The van der Waals surface area contributed by atoms with Crippen molar-refractivity contribution < 1.29 is 9.90 Å². The Morgan fingerprint density at radius 3 is 2.42 bits per heavy atom. The van der Waals surface area contributed by atoms with Crippen LogP contribution in [0.2, 0.25) is 10.0 Å². The number of carbonyl (C=O) groups excluding carboxylic acids is 1. The molecule has 1 aromatic carbocycles. The van der Waals surface area contributed by atoms with Gasteiger partial charge < -0.3 is 15.7 Å². The number of benzene rings is 1. The third-order valence-electron chi connectivity index (χ3n) is 2.57. The Bertz CT molecular complexity index is 405. The largest absolute Gasteiger partial charge is 0.393 e. The first-order valence-electron chi connectivity index (χ1n) is 6.13. The zero-order chi connectivity index (χ0) is 14.3. The van der Waals surface area contributed by atoms with Crippen molar-refractivity contribution in [2.45, 2.75) is 25.9 Å². The lowest BCUT2D eigenvalue weighted by Crippen LogP contribution is -2.37. The molecule has 1 unspecified atom stereocenters. The molecule has 4 nitrogen and oxygen atoms in total. The molecule has 0 saturated carbocycles. The van der Waals surface area contributed by atoms with Crippen LogP contribution in [0.4, 0.5) is 4.79 Å². The van der Waals surface area contributed by atoms with Crippen LogP contribution in [0.5, 0.6) is 0 Å². The maximum atomic E-state index is 11.4. The highest BCUT2D eigenvalue weighted by atomic mass is 35.5. The summed E-state index contributed by atoms with van der Waals surface area (Å²) in [6.45, 7) is 2.57. The minimum Gasteiger partial charge on any atom is -0.393 e. The van der Waals surface area contributed by atoms with E-state index in [9.17, 15) is 4.79 Å². The molecule has 0 radical (unpaired) electrons. The first-order valence-corrected chi connectivity index (χ1v) is 6.89. The van der Waals surface area contributed by atoms with Crippen LogP contribution in [-0.2, 0) is 6.42 Å². The lowest BCUT2D eigenvalue weighted by atomic mass is 10.1. The van der Waals surface area contributed by atoms with Crippen molar-refractivity contribution >= 4 is 29.2 Å². The van der Waals surface area contributed by atoms with E-state index in [2.05, 4.69) is 10.6 Å². The van der Waals surface area contributed by atoms with Gasteiger partial charge in [-0.3, -0.25) is 0 Å². The van der Waals surface area contributed by atoms with E-state index in [1.807, 2.05) is 0 Å². The second kappa shape index (κ2) is 8.25. The van der Waals surface area contributed by atoms with Gasteiger partial charge in [0.05, 0.1) is 6.10 Å². The monoisotopic (exact) mass is 304 g/mol. The number of aliphatic hydroxyl groups excluding tert-OH is 1. The lowest BCUT2D eigenvalue weighted by molar-refractivity contribution is 0.183. The Balaban J connectivity index is 2.28. The summed E-state index contributed by atoms with van der Waals surface area (Å²) >= 11 is 12.0. The summed E-state index contributed by atoms with van der Waals surface area (Å²) in [6.07, 6.45) is 0.689. The number of halogens is 2. The number of hydrogen-bond acceptors (Lipinski definition) is 2. The molecule has 0 aliphatic rings. The Labute approximate surface area is 123 Å². The molecule has 2 amide bonds. The average Bonchev–Trinajstić information content (AvgIpc) is 2.32. The van der Waals surface area contributed by atoms with Gasteiger partial charge in [-0.05, 0) is 37.5 Å². The number of hydrogen-bond donors (Lipinski definition) is 3. The molecule has 0 aliphatic carbocycles. The standard InChI is InChI=1S/C13H18Cl2N2O2/c1-9(18)5-7-16-13(19)17-8-6-10-11(14)3-2-4-12(10)15/h2-4,9,18H,5-8H2,1H3,(H2,16,17,19). The van der Waals surface area contributed by atoms with Crippen LogP contribution >= 0.6 is 23.2 Å². The predicted molar refractivity (Wildman–Crippen MR) is 77.9 cm³/mol. The van der Waals surface area contributed by atoms with Gasteiger partial charge in [0.2, 0.25) is 0 Å². The molecular weight excluding hydrogens is 287 g/mol. The molecule has 0 fully saturated rings. The number of nitrogens with one attached hydrogen (secondary N) is 2. The Kier molecular flexibility index (Phi) is 6.99. The molecule has 0 spiro atoms. The predicted octanol–water partition coefficient (Wildman–Crippen LogP) is 2.61. The Hall–Kier alpha value is -0.970. The van der Waals surface area contributed by atoms with E-state index in [4.69, 9.17) is 28.3 Å². The third kappa shape index (κ3) is 6.14. The van der Waals surface area contributed by atoms with Crippen molar-refractivity contribution in [2.75, 3.05) is 13.1 Å². The van der Waals surface area contributed by atoms with Crippen LogP contribution in [0.15, 0.2) is 18.2 Å². The molecule has 6 heteroatoms. The molecular formula is C13H18Cl2N2O2. The number of amides is 2. The van der Waals surface area contributed by atoms with Crippen LogP contribution in [-0.4, -0.2) is 30.3 Å². The molecule has 106 valence electrons. The summed E-state index contributed by atoms with van der Waals surface area (Å²) in [5.41, 5.74) is 0.829. The summed E-state index contributed by atoms with van der Waals surface area (Å²) < 4.78 is 0. The van der Waals surface area contributed by atoms with E-state index in [0.29, 0.717) is 36.0 Å². The summed E-state index contributed by atoms with van der Waals surface area (Å²) in [5.74, 6) is 0. The van der Waals surface area contributed by atoms with E-state index in [1.165, 1.54) is 0 Å². The van der Waals surface area contributed by atoms with Crippen molar-refractivity contribution in [1.29, 1.82) is 0 Å². The molecule has 1 atom stereocenters. The highest BCUT2D eigenvalue weighted by molar-refractivity contribution is 6.35. The normalized spacial score (nSPS) is 12.0. The van der Waals surface area contributed by atoms with Gasteiger partial charge in [0, 0.05) is 23.1 Å². The van der Waals surface area contributed by atoms with Crippen molar-refractivity contribution in [2.24, 2.45) is 0 Å². The Morgan fingerprint density at radius 2 is 1.84 bits per heavy atom. The van der Waals surface area contributed by atoms with Crippen molar-refractivity contribution in [1.82, 2.24) is 10.6 Å². The van der Waals surface area contributed by atoms with Gasteiger partial charge in [-0.2, -0.15) is 0 Å². The molecule has 1 aromatic rings. The minimum atomic E-state index is -0.415. The topological polar surface area (TPSA) is 61.4 Å². The van der Waals surface area contributed by atoms with Crippen LogP contribution in [0.3, 0.4) is 0 Å². The van der Waals surface area contributed by atoms with E-state index in [0.717, 1.165) is 5.56 Å². The first kappa shape index (κ1) is 16.1. The summed E-state index contributed by atoms with van der Waals surface area (Å²) in [6, 6.07) is 5.06. The minimum absolute atomic E-state index is 0.260. The SMILES string of the molecule is CC(O)CCNC(=O)NCCc1c(Cl)cccc1Cl. The Morgan fingerprint density at radius 1 is 1.26 bits per heavy atom. The molecule has 0 aliphatic heterocycles. The average molecular weight is 305 g/mol. The second-order valence-electron chi connectivity index (χ2n) is 4.27. The fraction of sp³-hybridized carbons (Fsp3) is 0.462. The van der Waals surface area contributed by atoms with Gasteiger partial charge in [0.25, 0.3) is 0 Å². The van der Waals surface area contributed by atoms with E-state index < -0.39 is 6.10 Å². The number of urea groups is 1. The maximum absolute atomic E-state index is 11.4. The number of rotatable bonds is 6. The molecule has 19 heavy (non-hydrogen) atoms. The highest BCUT2D eigenvalue weighted by Gasteiger charge is 2.06. The van der Waals surface area contributed by atoms with Crippen LogP contribution < -0.4 is 10.6 Å². The zero-order valence-corrected chi connectivity index (χ0v) is 12.3. The van der Waals surface area contributed by atoms with Crippen LogP contribution in [0, 0.1) is 0 Å². The van der Waals surface area contributed by atoms with Crippen LogP contribution in [0.25, 0.3) is 0 Å². The fourth-order valence-electron chi connectivity index (χ4n) is 1.53. The highest BCUT2D eigenvalue weighted by Crippen LogP contribution is 2.24. The molecule has 0 aromatic heterocycles. The van der Waals surface area contributed by atoms with Crippen molar-refractivity contribution in [3.05, 3.63) is 33.8 Å². The zero-order valence-electron chi connectivity index (χ0n) is 10.7. The van der Waals surface area contributed by atoms with Gasteiger partial charge in [-0.25, -0.2) is 4.79 Å².